The summed E-state index contributed by atoms with van der Waals surface area (Å²) in [6, 6.07) is 8.42. The van der Waals surface area contributed by atoms with E-state index >= 15 is 0 Å². The van der Waals surface area contributed by atoms with Crippen LogP contribution in [0.3, 0.4) is 0 Å². The maximum atomic E-state index is 12.5. The van der Waals surface area contributed by atoms with E-state index in [1.165, 1.54) is 31.6 Å². The van der Waals surface area contributed by atoms with E-state index in [1.54, 1.807) is 25.1 Å². The number of nitrogens with one attached hydrogen (secondary N) is 1. The van der Waals surface area contributed by atoms with Crippen molar-refractivity contribution in [2.75, 3.05) is 20.8 Å². The van der Waals surface area contributed by atoms with Gasteiger partial charge >= 0.3 is 0 Å². The van der Waals surface area contributed by atoms with Gasteiger partial charge in [-0.2, -0.15) is 0 Å². The third kappa shape index (κ3) is 4.45. The highest BCUT2D eigenvalue weighted by Gasteiger charge is 2.21. The Kier molecular flexibility index (Phi) is 6.05. The maximum Gasteiger partial charge on any atom is 0.240 e. The van der Waals surface area contributed by atoms with Gasteiger partial charge in [0.05, 0.1) is 16.3 Å². The number of sulfonamides is 1. The largest absolute Gasteiger partial charge is 0.497 e. The smallest absolute Gasteiger partial charge is 0.240 e. The Morgan fingerprint density at radius 2 is 2.00 bits per heavy atom. The summed E-state index contributed by atoms with van der Waals surface area (Å²) in [5.41, 5.74) is 0.616. The fraction of sp³-hybridized carbons (Fsp3) is 0.333. The van der Waals surface area contributed by atoms with Crippen LogP contribution < -0.4 is 9.46 Å². The lowest BCUT2D eigenvalue weighted by molar-refractivity contribution is 0.110. The van der Waals surface area contributed by atoms with E-state index < -0.39 is 10.0 Å². The van der Waals surface area contributed by atoms with Gasteiger partial charge in [0.1, 0.15) is 11.9 Å². The van der Waals surface area contributed by atoms with Crippen LogP contribution in [0.15, 0.2) is 35.2 Å². The Hall–Kier alpha value is -1.12. The summed E-state index contributed by atoms with van der Waals surface area (Å²) in [5, 5.41) is 0. The third-order valence-electron chi connectivity index (χ3n) is 3.33. The van der Waals surface area contributed by atoms with Crippen LogP contribution in [-0.2, 0) is 14.8 Å². The number of hydrogen-bond donors (Lipinski definition) is 1. The second kappa shape index (κ2) is 7.63. The summed E-state index contributed by atoms with van der Waals surface area (Å²) in [5.74, 6) is 0.615. The van der Waals surface area contributed by atoms with Gasteiger partial charge in [0, 0.05) is 18.5 Å². The lowest BCUT2D eigenvalue weighted by Gasteiger charge is -2.16. The molecule has 1 atom stereocenters. The molecule has 0 aliphatic rings. The minimum atomic E-state index is -3.64. The molecule has 1 heterocycles. The fourth-order valence-corrected chi connectivity index (χ4v) is 4.51. The highest BCUT2D eigenvalue weighted by molar-refractivity contribution is 7.89. The van der Waals surface area contributed by atoms with Gasteiger partial charge in [-0.05, 0) is 42.8 Å². The van der Waals surface area contributed by atoms with Crippen LogP contribution in [-0.4, -0.2) is 29.2 Å². The SMILES string of the molecule is COc1ccc(S(=O)(=O)NC[C@@H](OC)c2ccc(Cl)s2)c(C)c1. The minimum absolute atomic E-state index is 0.126. The molecule has 0 unspecified atom stereocenters. The van der Waals surface area contributed by atoms with Crippen molar-refractivity contribution in [2.45, 2.75) is 17.9 Å². The maximum absolute atomic E-state index is 12.5. The van der Waals surface area contributed by atoms with E-state index in [4.69, 9.17) is 21.1 Å². The normalized spacial score (nSPS) is 13.0. The van der Waals surface area contributed by atoms with Crippen molar-refractivity contribution in [1.82, 2.24) is 4.72 Å². The minimum Gasteiger partial charge on any atom is -0.497 e. The molecule has 2 rings (SSSR count). The van der Waals surface area contributed by atoms with Crippen LogP contribution in [0.2, 0.25) is 4.34 Å². The van der Waals surface area contributed by atoms with Gasteiger partial charge < -0.3 is 9.47 Å². The van der Waals surface area contributed by atoms with Crippen LogP contribution in [0, 0.1) is 6.92 Å². The number of methoxy groups -OCH3 is 2. The Morgan fingerprint density at radius 3 is 2.52 bits per heavy atom. The van der Waals surface area contributed by atoms with Crippen molar-refractivity contribution in [2.24, 2.45) is 0 Å². The van der Waals surface area contributed by atoms with Crippen molar-refractivity contribution >= 4 is 33.0 Å². The van der Waals surface area contributed by atoms with Crippen LogP contribution >= 0.6 is 22.9 Å². The molecule has 23 heavy (non-hydrogen) atoms. The fourth-order valence-electron chi connectivity index (χ4n) is 2.11. The molecule has 0 bridgehead atoms. The molecule has 0 saturated carbocycles. The van der Waals surface area contributed by atoms with Crippen LogP contribution in [0.1, 0.15) is 16.5 Å². The first-order valence-electron chi connectivity index (χ1n) is 6.79. The molecule has 0 fully saturated rings. The molecular formula is C15H18ClNO4S2. The number of hydrogen-bond acceptors (Lipinski definition) is 5. The Balaban J connectivity index is 2.14. The summed E-state index contributed by atoms with van der Waals surface area (Å²) in [7, 11) is -0.565. The second-order valence-corrected chi connectivity index (χ2v) is 8.33. The molecule has 0 aliphatic heterocycles. The van der Waals surface area contributed by atoms with Crippen LogP contribution in [0.4, 0.5) is 0 Å². The molecule has 8 heteroatoms. The molecule has 1 aromatic heterocycles. The average molecular weight is 376 g/mol. The first kappa shape index (κ1) is 18.2. The molecule has 5 nitrogen and oxygen atoms in total. The predicted molar refractivity (Wildman–Crippen MR) is 92.0 cm³/mol. The van der Waals surface area contributed by atoms with Crippen LogP contribution in [0.25, 0.3) is 0 Å². The number of benzene rings is 1. The molecule has 0 radical (unpaired) electrons. The van der Waals surface area contributed by atoms with Gasteiger partial charge in [0.15, 0.2) is 0 Å². The van der Waals surface area contributed by atoms with E-state index in [0.29, 0.717) is 15.6 Å². The number of halogens is 1. The number of aryl methyl sites for hydroxylation is 1. The van der Waals surface area contributed by atoms with Gasteiger partial charge in [-0.1, -0.05) is 11.6 Å². The molecule has 1 aromatic carbocycles. The Labute approximate surface area is 145 Å². The zero-order chi connectivity index (χ0) is 17.0. The number of thiophene rings is 1. The highest BCUT2D eigenvalue weighted by atomic mass is 35.5. The molecule has 0 spiro atoms. The van der Waals surface area contributed by atoms with E-state index in [-0.39, 0.29) is 17.5 Å². The predicted octanol–water partition coefficient (Wildman–Crippen LogP) is 3.38. The van der Waals surface area contributed by atoms with Gasteiger partial charge in [-0.25, -0.2) is 13.1 Å². The quantitative estimate of drug-likeness (QED) is 0.805. The highest BCUT2D eigenvalue weighted by Crippen LogP contribution is 2.29. The molecule has 2 aromatic rings. The van der Waals surface area contributed by atoms with Gasteiger partial charge in [0.2, 0.25) is 10.0 Å². The van der Waals surface area contributed by atoms with Crippen molar-refractivity contribution < 1.29 is 17.9 Å². The molecular weight excluding hydrogens is 358 g/mol. The summed E-state index contributed by atoms with van der Waals surface area (Å²) >= 11 is 7.27. The lowest BCUT2D eigenvalue weighted by atomic mass is 10.2. The Morgan fingerprint density at radius 1 is 1.26 bits per heavy atom. The summed E-state index contributed by atoms with van der Waals surface area (Å²) in [6.45, 7) is 1.85. The Bertz CT molecular complexity index is 774. The zero-order valence-corrected chi connectivity index (χ0v) is 15.4. The van der Waals surface area contributed by atoms with Crippen molar-refractivity contribution in [1.29, 1.82) is 0 Å². The summed E-state index contributed by atoms with van der Waals surface area (Å²) < 4.78 is 38.6. The zero-order valence-electron chi connectivity index (χ0n) is 13.0. The van der Waals surface area contributed by atoms with E-state index in [0.717, 1.165) is 4.88 Å². The van der Waals surface area contributed by atoms with Crippen molar-refractivity contribution in [3.8, 4) is 5.75 Å². The topological polar surface area (TPSA) is 64.6 Å². The first-order chi connectivity index (χ1) is 10.9. The van der Waals surface area contributed by atoms with Gasteiger partial charge in [0.25, 0.3) is 0 Å². The van der Waals surface area contributed by atoms with E-state index in [1.807, 2.05) is 6.07 Å². The molecule has 0 aliphatic carbocycles. The summed E-state index contributed by atoms with van der Waals surface area (Å²) in [4.78, 5) is 1.09. The number of ether oxygens (including phenoxy) is 2. The lowest BCUT2D eigenvalue weighted by Crippen LogP contribution is -2.29. The molecule has 0 saturated heterocycles. The summed E-state index contributed by atoms with van der Waals surface area (Å²) in [6.07, 6.45) is -0.388. The van der Waals surface area contributed by atoms with Crippen molar-refractivity contribution in [3.63, 3.8) is 0 Å². The first-order valence-corrected chi connectivity index (χ1v) is 9.47. The van der Waals surface area contributed by atoms with Gasteiger partial charge in [-0.15, -0.1) is 11.3 Å². The monoisotopic (exact) mass is 375 g/mol. The number of rotatable bonds is 7. The average Bonchev–Trinajstić information content (AvgIpc) is 2.93. The van der Waals surface area contributed by atoms with Crippen molar-refractivity contribution in [3.05, 3.63) is 45.1 Å². The van der Waals surface area contributed by atoms with E-state index in [9.17, 15) is 8.42 Å². The molecule has 1 N–H and O–H groups in total. The second-order valence-electron chi connectivity index (χ2n) is 4.85. The molecule has 126 valence electrons. The van der Waals surface area contributed by atoms with Gasteiger partial charge in [-0.3, -0.25) is 0 Å². The molecule has 0 amide bonds. The van der Waals surface area contributed by atoms with Crippen LogP contribution in [0.5, 0.6) is 5.75 Å². The van der Waals surface area contributed by atoms with E-state index in [2.05, 4.69) is 4.72 Å². The third-order valence-corrected chi connectivity index (χ3v) is 6.23. The standard InChI is InChI=1S/C15H18ClNO4S2/c1-10-8-11(20-2)4-6-14(10)23(18,19)17-9-12(21-3)13-5-7-15(16)22-13/h4-8,12,17H,9H2,1-3H3/t12-/m1/s1.